The molecule has 0 radical (unpaired) electrons. The molecule has 2 aliphatic rings. The third-order valence-corrected chi connectivity index (χ3v) is 7.01. The molecule has 108 valence electrons. The van der Waals surface area contributed by atoms with Crippen molar-refractivity contribution in [1.29, 1.82) is 0 Å². The Morgan fingerprint density at radius 3 is 2.70 bits per heavy atom. The summed E-state index contributed by atoms with van der Waals surface area (Å²) < 4.78 is 24.3. The van der Waals surface area contributed by atoms with Crippen molar-refractivity contribution in [1.82, 2.24) is 4.90 Å². The zero-order chi connectivity index (χ0) is 14.3. The number of rotatable bonds is 2. The predicted octanol–water partition coefficient (Wildman–Crippen LogP) is 2.15. The topological polar surface area (TPSA) is 49.7 Å². The fourth-order valence-electron chi connectivity index (χ4n) is 2.55. The van der Waals surface area contributed by atoms with E-state index in [1.807, 2.05) is 24.1 Å². The Morgan fingerprint density at radius 2 is 2.05 bits per heavy atom. The second-order valence-corrected chi connectivity index (χ2v) is 9.16. The second-order valence-electron chi connectivity index (χ2n) is 5.15. The molecule has 0 unspecified atom stereocenters. The highest BCUT2D eigenvalue weighted by Gasteiger charge is 2.44. The SMILES string of the molecule is CN1C(SCc2ccc(Br)cc2)=N[C@@H]2CS(=O)(=O)C[C@@H]21. The van der Waals surface area contributed by atoms with Crippen molar-refractivity contribution in [3.05, 3.63) is 34.3 Å². The quantitative estimate of drug-likeness (QED) is 0.795. The summed E-state index contributed by atoms with van der Waals surface area (Å²) in [5, 5.41) is 0.956. The average Bonchev–Trinajstić information content (AvgIpc) is 2.83. The van der Waals surface area contributed by atoms with E-state index in [1.54, 1.807) is 11.8 Å². The minimum atomic E-state index is -2.90. The Kier molecular flexibility index (Phi) is 3.85. The van der Waals surface area contributed by atoms with E-state index >= 15 is 0 Å². The molecule has 0 N–H and O–H groups in total. The summed E-state index contributed by atoms with van der Waals surface area (Å²) in [5.74, 6) is 1.28. The highest BCUT2D eigenvalue weighted by Crippen LogP contribution is 2.30. The molecular formula is C13H15BrN2O2S2. The lowest BCUT2D eigenvalue weighted by Gasteiger charge is -2.20. The van der Waals surface area contributed by atoms with Crippen molar-refractivity contribution >= 4 is 42.7 Å². The maximum atomic E-state index is 11.6. The highest BCUT2D eigenvalue weighted by molar-refractivity contribution is 9.10. The van der Waals surface area contributed by atoms with Crippen molar-refractivity contribution in [3.8, 4) is 0 Å². The predicted molar refractivity (Wildman–Crippen MR) is 86.9 cm³/mol. The lowest BCUT2D eigenvalue weighted by Crippen LogP contribution is -2.35. The number of halogens is 1. The molecule has 0 bridgehead atoms. The molecule has 0 aliphatic carbocycles. The second kappa shape index (κ2) is 5.35. The van der Waals surface area contributed by atoms with Crippen LogP contribution in [0.5, 0.6) is 0 Å². The van der Waals surface area contributed by atoms with Gasteiger partial charge < -0.3 is 4.90 Å². The molecule has 1 aromatic carbocycles. The Labute approximate surface area is 131 Å². The molecule has 2 aliphatic heterocycles. The van der Waals surface area contributed by atoms with Crippen LogP contribution < -0.4 is 0 Å². The van der Waals surface area contributed by atoms with Gasteiger partial charge in [-0.05, 0) is 17.7 Å². The van der Waals surface area contributed by atoms with Crippen LogP contribution in [0.1, 0.15) is 5.56 Å². The number of fused-ring (bicyclic) bond motifs is 1. The van der Waals surface area contributed by atoms with Crippen LogP contribution in [0.15, 0.2) is 33.7 Å². The van der Waals surface area contributed by atoms with Crippen molar-refractivity contribution in [2.45, 2.75) is 17.8 Å². The average molecular weight is 375 g/mol. The van der Waals surface area contributed by atoms with Gasteiger partial charge in [0.05, 0.1) is 23.6 Å². The van der Waals surface area contributed by atoms with E-state index in [4.69, 9.17) is 0 Å². The molecule has 2 atom stereocenters. The lowest BCUT2D eigenvalue weighted by molar-refractivity contribution is 0.410. The number of thioether (sulfide) groups is 1. The minimum absolute atomic E-state index is 0.0346. The van der Waals surface area contributed by atoms with Crippen LogP contribution in [0.3, 0.4) is 0 Å². The van der Waals surface area contributed by atoms with Crippen LogP contribution in [-0.2, 0) is 15.6 Å². The zero-order valence-electron chi connectivity index (χ0n) is 11.0. The van der Waals surface area contributed by atoms with Gasteiger partial charge in [-0.25, -0.2) is 8.42 Å². The van der Waals surface area contributed by atoms with Gasteiger partial charge in [0, 0.05) is 17.3 Å². The molecule has 3 rings (SSSR count). The zero-order valence-corrected chi connectivity index (χ0v) is 14.2. The van der Waals surface area contributed by atoms with E-state index in [9.17, 15) is 8.42 Å². The van der Waals surface area contributed by atoms with E-state index < -0.39 is 9.84 Å². The molecule has 0 spiro atoms. The Balaban J connectivity index is 1.66. The molecule has 0 saturated carbocycles. The van der Waals surface area contributed by atoms with Crippen molar-refractivity contribution < 1.29 is 8.42 Å². The van der Waals surface area contributed by atoms with Crippen molar-refractivity contribution in [3.63, 3.8) is 0 Å². The maximum Gasteiger partial charge on any atom is 0.159 e. The van der Waals surface area contributed by atoms with Gasteiger partial charge in [-0.2, -0.15) is 0 Å². The minimum Gasteiger partial charge on any atom is -0.348 e. The van der Waals surface area contributed by atoms with Gasteiger partial charge in [-0.3, -0.25) is 4.99 Å². The summed E-state index contributed by atoms with van der Waals surface area (Å²) in [6, 6.07) is 8.18. The monoisotopic (exact) mass is 374 g/mol. The molecule has 0 aromatic heterocycles. The molecule has 7 heteroatoms. The third-order valence-electron chi connectivity index (χ3n) is 3.65. The van der Waals surface area contributed by atoms with E-state index in [0.29, 0.717) is 0 Å². The van der Waals surface area contributed by atoms with Crippen LogP contribution in [0.2, 0.25) is 0 Å². The first-order valence-corrected chi connectivity index (χ1v) is 9.93. The number of benzene rings is 1. The number of likely N-dealkylation sites (N-methyl/N-ethyl adjacent to an activating group) is 1. The molecule has 4 nitrogen and oxygen atoms in total. The Bertz CT molecular complexity index is 643. The summed E-state index contributed by atoms with van der Waals surface area (Å²) in [5.41, 5.74) is 1.24. The van der Waals surface area contributed by atoms with Gasteiger partial charge in [0.15, 0.2) is 15.0 Å². The molecule has 1 fully saturated rings. The number of nitrogens with zero attached hydrogens (tertiary/aromatic N) is 2. The van der Waals surface area contributed by atoms with Crippen LogP contribution in [-0.4, -0.2) is 49.1 Å². The van der Waals surface area contributed by atoms with Crippen molar-refractivity contribution in [2.75, 3.05) is 18.6 Å². The summed E-state index contributed by atoms with van der Waals surface area (Å²) in [7, 11) is -0.954. The maximum absolute atomic E-state index is 11.6. The number of sulfone groups is 1. The summed E-state index contributed by atoms with van der Waals surface area (Å²) >= 11 is 5.09. The van der Waals surface area contributed by atoms with Crippen LogP contribution in [0.4, 0.5) is 0 Å². The smallest absolute Gasteiger partial charge is 0.159 e. The van der Waals surface area contributed by atoms with E-state index in [2.05, 4.69) is 33.1 Å². The van der Waals surface area contributed by atoms with Gasteiger partial charge in [0.25, 0.3) is 0 Å². The normalized spacial score (nSPS) is 27.5. The van der Waals surface area contributed by atoms with E-state index in [0.717, 1.165) is 15.4 Å². The van der Waals surface area contributed by atoms with E-state index in [1.165, 1.54) is 5.56 Å². The lowest BCUT2D eigenvalue weighted by atomic mass is 10.2. The van der Waals surface area contributed by atoms with Crippen LogP contribution in [0, 0.1) is 0 Å². The number of hydrogen-bond donors (Lipinski definition) is 0. The highest BCUT2D eigenvalue weighted by atomic mass is 79.9. The first-order chi connectivity index (χ1) is 9.44. The Morgan fingerprint density at radius 1 is 1.35 bits per heavy atom. The third kappa shape index (κ3) is 2.89. The number of amidine groups is 1. The summed E-state index contributed by atoms with van der Waals surface area (Å²) in [4.78, 5) is 6.60. The Hall–Kier alpha value is -0.530. The van der Waals surface area contributed by atoms with Crippen LogP contribution >= 0.6 is 27.7 Å². The molecule has 0 amide bonds. The number of hydrogen-bond acceptors (Lipinski definition) is 5. The fraction of sp³-hybridized carbons (Fsp3) is 0.462. The molecule has 20 heavy (non-hydrogen) atoms. The van der Waals surface area contributed by atoms with Gasteiger partial charge in [0.1, 0.15) is 0 Å². The number of aliphatic imine (C=N–C) groups is 1. The molecule has 2 heterocycles. The van der Waals surface area contributed by atoms with Crippen LogP contribution in [0.25, 0.3) is 0 Å². The van der Waals surface area contributed by atoms with Gasteiger partial charge in [0.2, 0.25) is 0 Å². The standard InChI is InChI=1S/C13H15BrN2O2S2/c1-16-12-8-20(17,18)7-11(12)15-13(16)19-6-9-2-4-10(14)5-3-9/h2-5,11-12H,6-8H2,1H3/t11-,12+/m1/s1. The first kappa shape index (κ1) is 14.4. The summed E-state index contributed by atoms with van der Waals surface area (Å²) in [6.07, 6.45) is 0. The van der Waals surface area contributed by atoms with Gasteiger partial charge >= 0.3 is 0 Å². The summed E-state index contributed by atoms with van der Waals surface area (Å²) in [6.45, 7) is 0. The largest absolute Gasteiger partial charge is 0.348 e. The van der Waals surface area contributed by atoms with Gasteiger partial charge in [-0.15, -0.1) is 0 Å². The first-order valence-electron chi connectivity index (χ1n) is 6.33. The fourth-order valence-corrected chi connectivity index (χ4v) is 5.77. The molecule has 1 saturated heterocycles. The molecular weight excluding hydrogens is 360 g/mol. The van der Waals surface area contributed by atoms with E-state index in [-0.39, 0.29) is 23.6 Å². The molecule has 1 aromatic rings. The van der Waals surface area contributed by atoms with Gasteiger partial charge in [-0.1, -0.05) is 39.8 Å². The van der Waals surface area contributed by atoms with Crippen molar-refractivity contribution in [2.24, 2.45) is 4.99 Å².